The molecule has 4 N–H and O–H groups in total. The second-order valence-electron chi connectivity index (χ2n) is 22.4. The minimum Gasteiger partial charge on any atom is -0.497 e. The molecule has 1 unspecified atom stereocenters. The van der Waals surface area contributed by atoms with Gasteiger partial charge in [0.05, 0.1) is 46.5 Å². The summed E-state index contributed by atoms with van der Waals surface area (Å²) < 4.78 is 76.9. The molecule has 78 heavy (non-hydrogen) atoms. The lowest BCUT2D eigenvalue weighted by Crippen LogP contribution is -2.57. The van der Waals surface area contributed by atoms with E-state index in [0.717, 1.165) is 27.5 Å². The van der Waals surface area contributed by atoms with E-state index in [1.54, 1.807) is 24.3 Å². The zero-order chi connectivity index (χ0) is 57.2. The van der Waals surface area contributed by atoms with Crippen molar-refractivity contribution in [2.24, 2.45) is 0 Å². The van der Waals surface area contributed by atoms with E-state index >= 15 is 4.57 Å². The van der Waals surface area contributed by atoms with Gasteiger partial charge in [-0.15, -0.1) is 0 Å². The fraction of sp³-hybridized carbons (Fsp3) is 0.500. The summed E-state index contributed by atoms with van der Waals surface area (Å²) in [6.07, 6.45) is -9.03. The van der Waals surface area contributed by atoms with E-state index in [9.17, 15) is 34.7 Å². The Balaban J connectivity index is 1.43. The Hall–Kier alpha value is -5.59. The van der Waals surface area contributed by atoms with Gasteiger partial charge >= 0.3 is 19.0 Å². The number of aliphatic hydroxyl groups is 2. The molecule has 2 saturated heterocycles. The van der Waals surface area contributed by atoms with Crippen LogP contribution < -0.4 is 32.0 Å². The third-order valence-corrected chi connectivity index (χ3v) is 26.8. The lowest BCUT2D eigenvalue weighted by atomic mass is 9.80. The molecule has 2 aliphatic heterocycles. The smallest absolute Gasteiger partial charge is 0.367 e. The van der Waals surface area contributed by atoms with E-state index in [-0.39, 0.29) is 6.42 Å². The summed E-state index contributed by atoms with van der Waals surface area (Å²) in [5.41, 5.74) is -3.06. The summed E-state index contributed by atoms with van der Waals surface area (Å²) >= 11 is 0. The highest BCUT2D eigenvalue weighted by Gasteiger charge is 2.71. The maximum absolute atomic E-state index is 16.7. The van der Waals surface area contributed by atoms with Gasteiger partial charge in [-0.25, -0.2) is 9.59 Å². The lowest BCUT2D eigenvalue weighted by molar-refractivity contribution is -0.109. The van der Waals surface area contributed by atoms with E-state index in [2.05, 4.69) is 9.97 Å². The minimum absolute atomic E-state index is 0.351. The Kier molecular flexibility index (Phi) is 17.9. The number of methoxy groups -OCH3 is 2. The Morgan fingerprint density at radius 2 is 1.18 bits per heavy atom. The average molecular weight is 1130 g/mol. The van der Waals surface area contributed by atoms with Gasteiger partial charge in [-0.2, -0.15) is 5.26 Å². The van der Waals surface area contributed by atoms with Crippen molar-refractivity contribution in [3.8, 4) is 17.6 Å². The Bertz CT molecular complexity index is 3160. The van der Waals surface area contributed by atoms with Crippen LogP contribution in [-0.4, -0.2) is 116 Å². The van der Waals surface area contributed by atoms with Crippen molar-refractivity contribution in [3.05, 3.63) is 162 Å². The van der Waals surface area contributed by atoms with Crippen molar-refractivity contribution >= 4 is 24.2 Å². The number of H-pyrrole nitrogens is 2. The van der Waals surface area contributed by atoms with E-state index in [1.165, 1.54) is 20.4 Å². The summed E-state index contributed by atoms with van der Waals surface area (Å²) in [6.45, 7) is 17.3. The van der Waals surface area contributed by atoms with Crippen molar-refractivity contribution in [1.82, 2.24) is 19.1 Å². The molecule has 4 heterocycles. The number of nitrogens with zero attached hydrogens (tertiary/aromatic N) is 3. The van der Waals surface area contributed by atoms with Gasteiger partial charge in [0, 0.05) is 24.5 Å². The van der Waals surface area contributed by atoms with Gasteiger partial charge in [-0.05, 0) is 77.2 Å². The number of benzene rings is 3. The molecule has 0 radical (unpaired) electrons. The molecule has 0 amide bonds. The molecule has 24 heteroatoms. The molecule has 0 aliphatic carbocycles. The highest BCUT2D eigenvalue weighted by Crippen LogP contribution is 2.68. The van der Waals surface area contributed by atoms with Crippen LogP contribution in [0.1, 0.15) is 77.1 Å². The van der Waals surface area contributed by atoms with Gasteiger partial charge < -0.3 is 51.8 Å². The van der Waals surface area contributed by atoms with Crippen LogP contribution in [0.5, 0.6) is 11.5 Å². The van der Waals surface area contributed by atoms with Crippen molar-refractivity contribution in [3.63, 3.8) is 0 Å². The summed E-state index contributed by atoms with van der Waals surface area (Å²) in [7, 11) is -8.34. The molecule has 0 saturated carbocycles. The number of aromatic nitrogens is 4. The third-order valence-electron chi connectivity index (χ3n) is 15.4. The monoisotopic (exact) mass is 1130 g/mol. The number of aliphatic hydroxyl groups excluding tert-OH is 1. The van der Waals surface area contributed by atoms with Crippen LogP contribution in [0.2, 0.25) is 36.3 Å². The topological polar surface area (TPSA) is 274 Å². The first-order valence-corrected chi connectivity index (χ1v) is 32.9. The molecule has 0 spiro atoms. The third kappa shape index (κ3) is 11.8. The SMILES string of the molecule is COc1ccc(C(OC[C@H]2O[C@@H](n3ccc(=O)[nH]c3=O)[C@H](O[Si](C)(C)C(C)(C)C)[C@@]2(O)P(=O)(OCCC#N)OC[C@H]2O[C@@H](n3ccc(=O)[nH]c3=O)[C@H](O[Si](C)(C)C(C)(C)C)[C@@H]2O)(c2ccccc2)c2ccc(OC)cc2)cc1. The average Bonchev–Trinajstić information content (AvgIpc) is 4.04. The zero-order valence-electron chi connectivity index (χ0n) is 46.1. The first kappa shape index (κ1) is 60.1. The predicted molar refractivity (Wildman–Crippen MR) is 294 cm³/mol. The lowest BCUT2D eigenvalue weighted by Gasteiger charge is -2.45. The first-order chi connectivity index (χ1) is 36.6. The quantitative estimate of drug-likeness (QED) is 0.0252. The van der Waals surface area contributed by atoms with E-state index in [0.29, 0.717) is 28.2 Å². The van der Waals surface area contributed by atoms with Crippen LogP contribution in [0.25, 0.3) is 0 Å². The molecule has 2 aromatic heterocycles. The molecule has 2 fully saturated rings. The second-order valence-corrected chi connectivity index (χ2v) is 34.1. The van der Waals surface area contributed by atoms with Crippen molar-refractivity contribution < 1.29 is 56.4 Å². The first-order valence-electron chi connectivity index (χ1n) is 25.5. The molecular formula is C54H72N5O16PSi2. The van der Waals surface area contributed by atoms with Gasteiger partial charge in [0.1, 0.15) is 47.6 Å². The summed E-state index contributed by atoms with van der Waals surface area (Å²) in [4.78, 5) is 56.7. The zero-order valence-corrected chi connectivity index (χ0v) is 49.0. The van der Waals surface area contributed by atoms with Crippen LogP contribution in [0, 0.1) is 11.3 Å². The molecule has 2 aliphatic rings. The minimum atomic E-state index is -5.40. The second kappa shape index (κ2) is 23.2. The van der Waals surface area contributed by atoms with Gasteiger partial charge in [0.2, 0.25) is 5.34 Å². The Morgan fingerprint density at radius 1 is 0.692 bits per heavy atom. The van der Waals surface area contributed by atoms with E-state index in [4.69, 9.17) is 41.6 Å². The molecule has 3 aromatic carbocycles. The number of hydrogen-bond donors (Lipinski definition) is 4. The number of rotatable bonds is 21. The summed E-state index contributed by atoms with van der Waals surface area (Å²) in [5, 5.41) is 32.3. The summed E-state index contributed by atoms with van der Waals surface area (Å²) in [6, 6.07) is 27.6. The Labute approximate surface area is 454 Å². The fourth-order valence-electron chi connectivity index (χ4n) is 8.96. The molecule has 5 aromatic rings. The van der Waals surface area contributed by atoms with Gasteiger partial charge in [-0.1, -0.05) is 96.1 Å². The van der Waals surface area contributed by atoms with Crippen LogP contribution in [-0.2, 0) is 42.3 Å². The van der Waals surface area contributed by atoms with Crippen LogP contribution in [0.15, 0.2) is 123 Å². The van der Waals surface area contributed by atoms with Crippen LogP contribution >= 0.6 is 7.60 Å². The molecular weight excluding hydrogens is 1060 g/mol. The van der Waals surface area contributed by atoms with Crippen molar-refractivity contribution in [2.45, 2.75) is 138 Å². The number of nitrogens with one attached hydrogen (secondary N) is 2. The van der Waals surface area contributed by atoms with Crippen LogP contribution in [0.3, 0.4) is 0 Å². The summed E-state index contributed by atoms with van der Waals surface area (Å²) in [5.74, 6) is 1.09. The molecule has 0 bridgehead atoms. The van der Waals surface area contributed by atoms with Gasteiger partial charge in [-0.3, -0.25) is 33.3 Å². The number of aromatic amines is 2. The van der Waals surface area contributed by atoms with Gasteiger partial charge in [0.25, 0.3) is 11.1 Å². The molecule has 21 nitrogen and oxygen atoms in total. The predicted octanol–water partition coefficient (Wildman–Crippen LogP) is 6.88. The van der Waals surface area contributed by atoms with E-state index in [1.807, 2.05) is 128 Å². The number of ether oxygens (including phenoxy) is 5. The standard InChI is InChI=1S/C54H72N5O16PSi2/c1-51(2,3)77(9,10)74-45-44(62)40(72-47(45)58-30-27-42(60)56-49(58)63)33-71-76(66,70-32-16-29-55)54(65)41(73-48(59-31-28-43(61)57-50(59)64)46(54)75-78(11,12)52(4,5)6)34-69-53(35-17-14-13-15-18-35,36-19-23-38(67-7)24-20-36)37-21-25-39(68-8)26-22-37/h13-15,17-28,30-31,40-41,44-48,62,65H,16,32-34H2,1-12H3,(H,56,60,63)(H,57,61,64)/t40-,41-,44-,45-,46+,47-,48-,54+,76?/m1/s1. The molecule has 9 atom stereocenters. The molecule has 7 rings (SSSR count). The van der Waals surface area contributed by atoms with Gasteiger partial charge in [0.15, 0.2) is 29.1 Å². The normalized spacial score (nSPS) is 23.9. The fourth-order valence-corrected chi connectivity index (χ4v) is 13.8. The maximum atomic E-state index is 16.7. The molecule has 422 valence electrons. The van der Waals surface area contributed by atoms with Crippen LogP contribution in [0.4, 0.5) is 0 Å². The number of hydrogen-bond acceptors (Lipinski definition) is 17. The highest BCUT2D eigenvalue weighted by molar-refractivity contribution is 7.55. The van der Waals surface area contributed by atoms with E-state index < -0.39 is 131 Å². The van der Waals surface area contributed by atoms with Crippen molar-refractivity contribution in [2.75, 3.05) is 34.0 Å². The van der Waals surface area contributed by atoms with Crippen molar-refractivity contribution in [1.29, 1.82) is 5.26 Å². The number of nitriles is 1. The largest absolute Gasteiger partial charge is 0.497 e. The highest BCUT2D eigenvalue weighted by atomic mass is 31.2. The maximum Gasteiger partial charge on any atom is 0.367 e. The Morgan fingerprint density at radius 3 is 1.65 bits per heavy atom.